The van der Waals surface area contributed by atoms with Crippen LogP contribution in [0.15, 0.2) is 36.5 Å². The zero-order chi connectivity index (χ0) is 18.3. The van der Waals surface area contributed by atoms with E-state index < -0.39 is 6.23 Å². The van der Waals surface area contributed by atoms with Gasteiger partial charge in [-0.15, -0.1) is 10.2 Å². The number of hydrogen-bond donors (Lipinski definition) is 2. The second-order valence-electron chi connectivity index (χ2n) is 6.23. The molecule has 0 saturated carbocycles. The zero-order valence-corrected chi connectivity index (χ0v) is 14.5. The fourth-order valence-corrected chi connectivity index (χ4v) is 3.13. The van der Waals surface area contributed by atoms with Gasteiger partial charge in [0.25, 0.3) is 0 Å². The van der Waals surface area contributed by atoms with Crippen molar-refractivity contribution < 1.29 is 9.50 Å². The van der Waals surface area contributed by atoms with Crippen LogP contribution in [-0.4, -0.2) is 35.8 Å². The number of aliphatic hydroxyl groups excluding tert-OH is 1. The van der Waals surface area contributed by atoms with Crippen molar-refractivity contribution in [3.8, 4) is 0 Å². The van der Waals surface area contributed by atoms with E-state index in [1.54, 1.807) is 6.07 Å². The molecule has 0 fully saturated rings. The summed E-state index contributed by atoms with van der Waals surface area (Å²) in [6.45, 7) is 2.37. The average Bonchev–Trinajstić information content (AvgIpc) is 3.16. The van der Waals surface area contributed by atoms with Gasteiger partial charge in [-0.1, -0.05) is 0 Å². The van der Waals surface area contributed by atoms with Gasteiger partial charge in [0, 0.05) is 31.8 Å². The predicted octanol–water partition coefficient (Wildman–Crippen LogP) is 1.89. The van der Waals surface area contributed by atoms with E-state index in [1.807, 2.05) is 41.3 Å². The van der Waals surface area contributed by atoms with Crippen LogP contribution < -0.4 is 5.32 Å². The summed E-state index contributed by atoms with van der Waals surface area (Å²) in [5.41, 5.74) is 2.81. The molecule has 2 N–H and O–H groups in total. The number of pyridine rings is 1. The third kappa shape index (κ3) is 2.83. The highest BCUT2D eigenvalue weighted by Gasteiger charge is 2.15. The van der Waals surface area contributed by atoms with Crippen molar-refractivity contribution in [1.29, 1.82) is 0 Å². The Balaban J connectivity index is 1.48. The zero-order valence-electron chi connectivity index (χ0n) is 14.5. The molecule has 0 aliphatic carbocycles. The van der Waals surface area contributed by atoms with E-state index >= 15 is 0 Å². The molecule has 134 valence electrons. The number of fused-ring (bicyclic) bond motifs is 2. The van der Waals surface area contributed by atoms with Crippen molar-refractivity contribution in [2.45, 2.75) is 19.6 Å². The molecule has 1 atom stereocenters. The molecular formula is C18H19FN6O. The lowest BCUT2D eigenvalue weighted by Gasteiger charge is -2.13. The van der Waals surface area contributed by atoms with Gasteiger partial charge in [-0.2, -0.15) is 0 Å². The fourth-order valence-electron chi connectivity index (χ4n) is 3.13. The van der Waals surface area contributed by atoms with Crippen molar-refractivity contribution in [3.63, 3.8) is 0 Å². The highest BCUT2D eigenvalue weighted by molar-refractivity contribution is 5.75. The SMILES string of the molecule is Cc1nnc2c(C(O)NCCc3nc4ccc(F)cc4n3C)cccn12. The summed E-state index contributed by atoms with van der Waals surface area (Å²) in [6, 6.07) is 8.22. The molecule has 26 heavy (non-hydrogen) atoms. The summed E-state index contributed by atoms with van der Waals surface area (Å²) < 4.78 is 17.1. The van der Waals surface area contributed by atoms with Crippen LogP contribution in [0.5, 0.6) is 0 Å². The third-order valence-electron chi connectivity index (χ3n) is 4.55. The molecule has 0 aliphatic rings. The van der Waals surface area contributed by atoms with Crippen molar-refractivity contribution in [2.75, 3.05) is 6.54 Å². The van der Waals surface area contributed by atoms with E-state index in [0.29, 0.717) is 24.2 Å². The molecule has 1 aromatic carbocycles. The van der Waals surface area contributed by atoms with Crippen molar-refractivity contribution in [1.82, 2.24) is 29.5 Å². The predicted molar refractivity (Wildman–Crippen MR) is 95.1 cm³/mol. The van der Waals surface area contributed by atoms with E-state index in [2.05, 4.69) is 20.5 Å². The molecule has 0 saturated heterocycles. The minimum absolute atomic E-state index is 0.280. The summed E-state index contributed by atoms with van der Waals surface area (Å²) >= 11 is 0. The van der Waals surface area contributed by atoms with E-state index in [4.69, 9.17) is 0 Å². The van der Waals surface area contributed by atoms with Crippen LogP contribution in [0.2, 0.25) is 0 Å². The average molecular weight is 354 g/mol. The Bertz CT molecular complexity index is 1090. The van der Waals surface area contributed by atoms with Gasteiger partial charge in [0.2, 0.25) is 0 Å². The number of aliphatic hydroxyl groups is 1. The molecule has 3 aromatic heterocycles. The summed E-state index contributed by atoms with van der Waals surface area (Å²) in [6.07, 6.45) is 1.59. The van der Waals surface area contributed by atoms with Crippen LogP contribution in [0.3, 0.4) is 0 Å². The normalized spacial score (nSPS) is 12.9. The maximum absolute atomic E-state index is 13.4. The largest absolute Gasteiger partial charge is 0.374 e. The van der Waals surface area contributed by atoms with E-state index in [-0.39, 0.29) is 5.82 Å². The minimum Gasteiger partial charge on any atom is -0.374 e. The molecule has 4 aromatic rings. The maximum atomic E-state index is 13.4. The smallest absolute Gasteiger partial charge is 0.167 e. The second-order valence-corrected chi connectivity index (χ2v) is 6.23. The van der Waals surface area contributed by atoms with Crippen LogP contribution in [0.1, 0.15) is 23.4 Å². The fraction of sp³-hybridized carbons (Fsp3) is 0.278. The number of aromatic nitrogens is 5. The first-order chi connectivity index (χ1) is 12.5. The molecule has 7 nitrogen and oxygen atoms in total. The number of halogens is 1. The van der Waals surface area contributed by atoms with Gasteiger partial charge in [0.15, 0.2) is 5.65 Å². The number of rotatable bonds is 5. The lowest BCUT2D eigenvalue weighted by Crippen LogP contribution is -2.24. The standard InChI is InChI=1S/C18H19FN6O/c1-11-22-23-17-13(4-3-9-25(11)17)18(26)20-8-7-16-21-14-6-5-12(19)10-15(14)24(16)2/h3-6,9-10,18,20,26H,7-8H2,1-2H3. The van der Waals surface area contributed by atoms with E-state index in [0.717, 1.165) is 22.7 Å². The van der Waals surface area contributed by atoms with Crippen molar-refractivity contribution in [3.05, 3.63) is 59.6 Å². The van der Waals surface area contributed by atoms with Crippen LogP contribution >= 0.6 is 0 Å². The molecule has 0 spiro atoms. The number of hydrogen-bond acceptors (Lipinski definition) is 5. The molecule has 0 amide bonds. The second kappa shape index (κ2) is 6.47. The molecule has 8 heteroatoms. The van der Waals surface area contributed by atoms with Gasteiger partial charge >= 0.3 is 0 Å². The first-order valence-electron chi connectivity index (χ1n) is 8.37. The number of benzene rings is 1. The Morgan fingerprint density at radius 2 is 2.12 bits per heavy atom. The van der Waals surface area contributed by atoms with Crippen LogP contribution in [0.25, 0.3) is 16.7 Å². The Kier molecular flexibility index (Phi) is 4.14. The molecule has 0 aliphatic heterocycles. The first kappa shape index (κ1) is 16.6. The maximum Gasteiger partial charge on any atom is 0.167 e. The van der Waals surface area contributed by atoms with Crippen LogP contribution in [0, 0.1) is 12.7 Å². The Morgan fingerprint density at radius 1 is 1.27 bits per heavy atom. The number of nitrogens with one attached hydrogen (secondary N) is 1. The number of aryl methyl sites for hydroxylation is 2. The third-order valence-corrected chi connectivity index (χ3v) is 4.55. The van der Waals surface area contributed by atoms with Crippen LogP contribution in [0.4, 0.5) is 4.39 Å². The van der Waals surface area contributed by atoms with E-state index in [1.165, 1.54) is 12.1 Å². The van der Waals surface area contributed by atoms with Gasteiger partial charge in [0.05, 0.1) is 11.0 Å². The van der Waals surface area contributed by atoms with E-state index in [9.17, 15) is 9.50 Å². The Labute approximate surface area is 149 Å². The van der Waals surface area contributed by atoms with Gasteiger partial charge < -0.3 is 9.67 Å². The molecule has 0 bridgehead atoms. The highest BCUT2D eigenvalue weighted by atomic mass is 19.1. The summed E-state index contributed by atoms with van der Waals surface area (Å²) in [7, 11) is 1.86. The lowest BCUT2D eigenvalue weighted by molar-refractivity contribution is 0.140. The monoisotopic (exact) mass is 354 g/mol. The quantitative estimate of drug-likeness (QED) is 0.535. The molecule has 1 unspecified atom stereocenters. The molecular weight excluding hydrogens is 335 g/mol. The molecule has 4 rings (SSSR count). The lowest BCUT2D eigenvalue weighted by atomic mass is 10.2. The summed E-state index contributed by atoms with van der Waals surface area (Å²) in [5.74, 6) is 1.31. The summed E-state index contributed by atoms with van der Waals surface area (Å²) in [4.78, 5) is 4.52. The Morgan fingerprint density at radius 3 is 2.96 bits per heavy atom. The number of imidazole rings is 1. The van der Waals surface area contributed by atoms with Crippen molar-refractivity contribution in [2.24, 2.45) is 7.05 Å². The van der Waals surface area contributed by atoms with Gasteiger partial charge in [-0.05, 0) is 37.3 Å². The highest BCUT2D eigenvalue weighted by Crippen LogP contribution is 2.18. The molecule has 3 heterocycles. The van der Waals surface area contributed by atoms with Gasteiger partial charge in [-0.25, -0.2) is 9.37 Å². The van der Waals surface area contributed by atoms with Crippen molar-refractivity contribution >= 4 is 16.7 Å². The topological polar surface area (TPSA) is 80.3 Å². The van der Waals surface area contributed by atoms with Crippen LogP contribution in [-0.2, 0) is 13.5 Å². The van der Waals surface area contributed by atoms with Gasteiger partial charge in [-0.3, -0.25) is 9.72 Å². The molecule has 0 radical (unpaired) electrons. The Hall–Kier alpha value is -2.84. The van der Waals surface area contributed by atoms with Gasteiger partial charge in [0.1, 0.15) is 23.7 Å². The first-order valence-corrected chi connectivity index (χ1v) is 8.37. The number of nitrogens with zero attached hydrogens (tertiary/aromatic N) is 5. The minimum atomic E-state index is -0.866. The summed E-state index contributed by atoms with van der Waals surface area (Å²) in [5, 5.41) is 21.7.